The van der Waals surface area contributed by atoms with E-state index in [2.05, 4.69) is 16.0 Å². The van der Waals surface area contributed by atoms with E-state index in [1.165, 1.54) is 18.0 Å². The summed E-state index contributed by atoms with van der Waals surface area (Å²) < 4.78 is 4.95. The first-order valence-corrected chi connectivity index (χ1v) is 10.3. The number of benzene rings is 1. The number of carbonyl (C=O) groups is 2. The highest BCUT2D eigenvalue weighted by Crippen LogP contribution is 2.40. The predicted octanol–water partition coefficient (Wildman–Crippen LogP) is 3.56. The van der Waals surface area contributed by atoms with Gasteiger partial charge in [-0.05, 0) is 32.4 Å². The Labute approximate surface area is 174 Å². The molecule has 0 bridgehead atoms. The summed E-state index contributed by atoms with van der Waals surface area (Å²) in [6, 6.07) is 7.85. The van der Waals surface area contributed by atoms with E-state index in [9.17, 15) is 9.59 Å². The lowest BCUT2D eigenvalue weighted by molar-refractivity contribution is -0.117. The zero-order valence-electron chi connectivity index (χ0n) is 16.9. The standard InChI is InChI=1S/C21H24N4O3S/c1-5-28-19(27)16-11-23-20(24-18(16)22)29-12-14-10-21(3,4)25(13(2)26)17-9-7-6-8-15(14)17/h6-11H,5,12H2,1-4H3,(H2,22,23,24). The fourth-order valence-electron chi connectivity index (χ4n) is 3.47. The Morgan fingerprint density at radius 2 is 2.00 bits per heavy atom. The van der Waals surface area contributed by atoms with Crippen LogP contribution in [0.1, 0.15) is 43.6 Å². The Bertz CT molecular complexity index is 988. The number of nitrogens with two attached hydrogens (primary N) is 1. The van der Waals surface area contributed by atoms with Gasteiger partial charge in [-0.25, -0.2) is 14.8 Å². The summed E-state index contributed by atoms with van der Waals surface area (Å²) in [5.41, 5.74) is 8.60. The number of aromatic nitrogens is 2. The molecule has 2 aromatic rings. The molecule has 7 nitrogen and oxygen atoms in total. The Morgan fingerprint density at radius 3 is 2.66 bits per heavy atom. The van der Waals surface area contributed by atoms with Gasteiger partial charge in [0.2, 0.25) is 5.91 Å². The molecule has 1 aliphatic rings. The third kappa shape index (κ3) is 4.27. The van der Waals surface area contributed by atoms with Crippen LogP contribution < -0.4 is 10.6 Å². The molecule has 1 aromatic carbocycles. The molecule has 8 heteroatoms. The van der Waals surface area contributed by atoms with Gasteiger partial charge in [0.25, 0.3) is 0 Å². The van der Waals surface area contributed by atoms with Crippen molar-refractivity contribution in [3.05, 3.63) is 47.7 Å². The lowest BCUT2D eigenvalue weighted by Crippen LogP contribution is -2.48. The highest BCUT2D eigenvalue weighted by molar-refractivity contribution is 7.99. The van der Waals surface area contributed by atoms with Crippen LogP contribution in [0.5, 0.6) is 0 Å². The third-order valence-electron chi connectivity index (χ3n) is 4.56. The zero-order chi connectivity index (χ0) is 21.2. The number of hydrogen-bond acceptors (Lipinski definition) is 7. The average molecular weight is 413 g/mol. The number of rotatable bonds is 5. The van der Waals surface area contributed by atoms with E-state index < -0.39 is 11.5 Å². The Kier molecular flexibility index (Phi) is 5.93. The van der Waals surface area contributed by atoms with Gasteiger partial charge in [0.15, 0.2) is 5.16 Å². The molecule has 2 heterocycles. The van der Waals surface area contributed by atoms with E-state index in [1.807, 2.05) is 38.1 Å². The SMILES string of the molecule is CCOC(=O)c1cnc(SCC2=CC(C)(C)N(C(C)=O)c3ccccc32)nc1N. The molecule has 1 aromatic heterocycles. The molecule has 0 saturated carbocycles. The Hall–Kier alpha value is -2.87. The van der Waals surface area contributed by atoms with Crippen molar-refractivity contribution >= 4 is 40.7 Å². The minimum Gasteiger partial charge on any atom is -0.462 e. The van der Waals surface area contributed by atoms with Gasteiger partial charge < -0.3 is 15.4 Å². The van der Waals surface area contributed by atoms with Crippen LogP contribution in [-0.2, 0) is 9.53 Å². The largest absolute Gasteiger partial charge is 0.462 e. The summed E-state index contributed by atoms with van der Waals surface area (Å²) in [7, 11) is 0. The van der Waals surface area contributed by atoms with Crippen molar-refractivity contribution < 1.29 is 14.3 Å². The van der Waals surface area contributed by atoms with Crippen LogP contribution in [-0.4, -0.2) is 39.7 Å². The highest BCUT2D eigenvalue weighted by atomic mass is 32.2. The molecule has 0 fully saturated rings. The molecule has 3 rings (SSSR count). The van der Waals surface area contributed by atoms with Crippen molar-refractivity contribution in [2.24, 2.45) is 0 Å². The summed E-state index contributed by atoms with van der Waals surface area (Å²) >= 11 is 1.42. The fourth-order valence-corrected chi connectivity index (χ4v) is 4.28. The zero-order valence-corrected chi connectivity index (χ0v) is 17.7. The minimum absolute atomic E-state index is 0.00364. The topological polar surface area (TPSA) is 98.4 Å². The third-order valence-corrected chi connectivity index (χ3v) is 5.47. The van der Waals surface area contributed by atoms with E-state index in [0.717, 1.165) is 16.8 Å². The molecule has 152 valence electrons. The number of ether oxygens (including phenoxy) is 1. The monoisotopic (exact) mass is 412 g/mol. The first-order valence-electron chi connectivity index (χ1n) is 9.29. The highest BCUT2D eigenvalue weighted by Gasteiger charge is 2.34. The van der Waals surface area contributed by atoms with E-state index in [-0.39, 0.29) is 23.9 Å². The van der Waals surface area contributed by atoms with Gasteiger partial charge in [0, 0.05) is 24.4 Å². The molecule has 29 heavy (non-hydrogen) atoms. The average Bonchev–Trinajstić information content (AvgIpc) is 2.65. The number of carbonyl (C=O) groups excluding carboxylic acids is 2. The fraction of sp³-hybridized carbons (Fsp3) is 0.333. The van der Waals surface area contributed by atoms with Gasteiger partial charge in [0.05, 0.1) is 17.8 Å². The van der Waals surface area contributed by atoms with E-state index in [1.54, 1.807) is 18.7 Å². The molecule has 0 aliphatic carbocycles. The second-order valence-electron chi connectivity index (χ2n) is 7.16. The molecule has 0 saturated heterocycles. The molecular weight excluding hydrogens is 388 g/mol. The number of anilines is 2. The maximum Gasteiger partial charge on any atom is 0.343 e. The molecule has 1 amide bonds. The van der Waals surface area contributed by atoms with Crippen LogP contribution >= 0.6 is 11.8 Å². The lowest BCUT2D eigenvalue weighted by Gasteiger charge is -2.41. The molecule has 2 N–H and O–H groups in total. The van der Waals surface area contributed by atoms with Crippen molar-refractivity contribution in [1.29, 1.82) is 0 Å². The van der Waals surface area contributed by atoms with Crippen molar-refractivity contribution in [1.82, 2.24) is 9.97 Å². The first kappa shape index (κ1) is 20.9. The lowest BCUT2D eigenvalue weighted by atomic mass is 9.89. The van der Waals surface area contributed by atoms with Crippen LogP contribution in [0, 0.1) is 0 Å². The van der Waals surface area contributed by atoms with Crippen LogP contribution in [0.2, 0.25) is 0 Å². The van der Waals surface area contributed by atoms with Crippen molar-refractivity contribution in [2.45, 2.75) is 38.4 Å². The number of fused-ring (bicyclic) bond motifs is 1. The van der Waals surface area contributed by atoms with E-state index >= 15 is 0 Å². The Morgan fingerprint density at radius 1 is 1.28 bits per heavy atom. The number of hydrogen-bond donors (Lipinski definition) is 1. The van der Waals surface area contributed by atoms with Crippen LogP contribution in [0.15, 0.2) is 41.7 Å². The van der Waals surface area contributed by atoms with Gasteiger partial charge in [-0.2, -0.15) is 0 Å². The van der Waals surface area contributed by atoms with Crippen LogP contribution in [0.3, 0.4) is 0 Å². The number of nitrogen functional groups attached to an aromatic ring is 1. The maximum absolute atomic E-state index is 12.3. The molecule has 0 spiro atoms. The quantitative estimate of drug-likeness (QED) is 0.455. The number of para-hydroxylation sites is 1. The van der Waals surface area contributed by atoms with Crippen molar-refractivity contribution in [3.63, 3.8) is 0 Å². The summed E-state index contributed by atoms with van der Waals surface area (Å²) in [6.07, 6.45) is 3.49. The van der Waals surface area contributed by atoms with Gasteiger partial charge >= 0.3 is 5.97 Å². The summed E-state index contributed by atoms with van der Waals surface area (Å²) in [4.78, 5) is 34.4. The summed E-state index contributed by atoms with van der Waals surface area (Å²) in [6.45, 7) is 7.59. The van der Waals surface area contributed by atoms with E-state index in [0.29, 0.717) is 10.9 Å². The van der Waals surface area contributed by atoms with Crippen molar-refractivity contribution in [3.8, 4) is 0 Å². The van der Waals surface area contributed by atoms with Crippen LogP contribution in [0.4, 0.5) is 11.5 Å². The summed E-state index contributed by atoms with van der Waals surface area (Å²) in [5, 5.41) is 0.473. The predicted molar refractivity (Wildman–Crippen MR) is 115 cm³/mol. The number of esters is 1. The number of thioether (sulfide) groups is 1. The van der Waals surface area contributed by atoms with Gasteiger partial charge in [0.1, 0.15) is 11.4 Å². The van der Waals surface area contributed by atoms with Crippen molar-refractivity contribution in [2.75, 3.05) is 23.0 Å². The second kappa shape index (κ2) is 8.24. The Balaban J connectivity index is 1.85. The van der Waals surface area contributed by atoms with Gasteiger partial charge in [-0.15, -0.1) is 0 Å². The molecule has 0 unspecified atom stereocenters. The first-order chi connectivity index (χ1) is 13.7. The maximum atomic E-state index is 12.3. The molecule has 0 atom stereocenters. The number of amides is 1. The summed E-state index contributed by atoms with van der Waals surface area (Å²) in [5.74, 6) is 0.166. The van der Waals surface area contributed by atoms with Gasteiger partial charge in [-0.1, -0.05) is 36.0 Å². The second-order valence-corrected chi connectivity index (χ2v) is 8.10. The minimum atomic E-state index is -0.531. The molecule has 0 radical (unpaired) electrons. The van der Waals surface area contributed by atoms with E-state index in [4.69, 9.17) is 10.5 Å². The van der Waals surface area contributed by atoms with Gasteiger partial charge in [-0.3, -0.25) is 4.79 Å². The smallest absolute Gasteiger partial charge is 0.343 e. The molecule has 1 aliphatic heterocycles. The molecular formula is C21H24N4O3S. The van der Waals surface area contributed by atoms with Crippen LogP contribution in [0.25, 0.3) is 5.57 Å². The normalized spacial score (nSPS) is 14.8. The number of nitrogens with zero attached hydrogens (tertiary/aromatic N) is 3.